The molecule has 2 amide bonds. The summed E-state index contributed by atoms with van der Waals surface area (Å²) in [5.41, 5.74) is 1.40. The van der Waals surface area contributed by atoms with E-state index >= 15 is 0 Å². The fourth-order valence-electron chi connectivity index (χ4n) is 2.80. The predicted molar refractivity (Wildman–Crippen MR) is 70.0 cm³/mol. The van der Waals surface area contributed by atoms with Gasteiger partial charge in [-0.05, 0) is 24.5 Å². The van der Waals surface area contributed by atoms with Crippen LogP contribution in [0.3, 0.4) is 0 Å². The van der Waals surface area contributed by atoms with Gasteiger partial charge >= 0.3 is 0 Å². The first-order valence-corrected chi connectivity index (χ1v) is 6.50. The molecule has 1 aliphatic rings. The predicted octanol–water partition coefficient (Wildman–Crippen LogP) is 2.54. The summed E-state index contributed by atoms with van der Waals surface area (Å²) in [5.74, 6) is -1.65. The summed E-state index contributed by atoms with van der Waals surface area (Å²) < 4.78 is 14.0. The van der Waals surface area contributed by atoms with Crippen LogP contribution in [0.15, 0.2) is 18.2 Å². The van der Waals surface area contributed by atoms with Crippen molar-refractivity contribution in [2.75, 3.05) is 0 Å². The first-order valence-electron chi connectivity index (χ1n) is 6.50. The molecule has 102 valence electrons. The van der Waals surface area contributed by atoms with Crippen LogP contribution in [0, 0.1) is 24.6 Å². The summed E-state index contributed by atoms with van der Waals surface area (Å²) >= 11 is 0. The first-order chi connectivity index (χ1) is 8.90. The fourth-order valence-corrected chi connectivity index (χ4v) is 2.80. The molecule has 1 aromatic rings. The largest absolute Gasteiger partial charge is 0.296 e. The van der Waals surface area contributed by atoms with Gasteiger partial charge in [-0.15, -0.1) is 0 Å². The van der Waals surface area contributed by atoms with E-state index < -0.39 is 0 Å². The molecule has 4 heteroatoms. The standard InChI is InChI=1S/C15H18FNO2/c1-8(2)14-11(7-13(18)17-15(14)19)10-6-9(3)4-5-12(10)16/h4-6,8,11,14H,7H2,1-3H3,(H,17,18,19). The highest BCUT2D eigenvalue weighted by atomic mass is 19.1. The lowest BCUT2D eigenvalue weighted by molar-refractivity contribution is -0.138. The van der Waals surface area contributed by atoms with Gasteiger partial charge in [0.2, 0.25) is 11.8 Å². The zero-order chi connectivity index (χ0) is 14.2. The van der Waals surface area contributed by atoms with Crippen molar-refractivity contribution in [1.29, 1.82) is 0 Å². The SMILES string of the molecule is Cc1ccc(F)c(C2CC(=O)NC(=O)C2C(C)C)c1. The number of halogens is 1. The fraction of sp³-hybridized carbons (Fsp3) is 0.467. The van der Waals surface area contributed by atoms with Crippen LogP contribution < -0.4 is 5.32 Å². The molecule has 19 heavy (non-hydrogen) atoms. The lowest BCUT2D eigenvalue weighted by Gasteiger charge is -2.33. The second kappa shape index (κ2) is 5.11. The van der Waals surface area contributed by atoms with E-state index in [0.717, 1.165) is 5.56 Å². The van der Waals surface area contributed by atoms with Crippen molar-refractivity contribution in [2.45, 2.75) is 33.1 Å². The molecule has 0 saturated carbocycles. The molecule has 1 aliphatic heterocycles. The smallest absolute Gasteiger partial charge is 0.230 e. The van der Waals surface area contributed by atoms with Crippen molar-refractivity contribution in [3.05, 3.63) is 35.1 Å². The van der Waals surface area contributed by atoms with Crippen LogP contribution in [0.5, 0.6) is 0 Å². The Bertz CT molecular complexity index is 525. The van der Waals surface area contributed by atoms with Crippen LogP contribution in [0.25, 0.3) is 0 Å². The van der Waals surface area contributed by atoms with Gasteiger partial charge in [-0.1, -0.05) is 31.5 Å². The van der Waals surface area contributed by atoms with Crippen molar-refractivity contribution in [3.8, 4) is 0 Å². The number of imide groups is 1. The van der Waals surface area contributed by atoms with Crippen molar-refractivity contribution < 1.29 is 14.0 Å². The van der Waals surface area contributed by atoms with E-state index in [1.165, 1.54) is 6.07 Å². The minimum atomic E-state index is -0.374. The van der Waals surface area contributed by atoms with Crippen LogP contribution >= 0.6 is 0 Å². The van der Waals surface area contributed by atoms with Gasteiger partial charge in [-0.3, -0.25) is 14.9 Å². The van der Waals surface area contributed by atoms with Gasteiger partial charge in [0.15, 0.2) is 0 Å². The van der Waals surface area contributed by atoms with Gasteiger partial charge in [0.25, 0.3) is 0 Å². The Labute approximate surface area is 112 Å². The van der Waals surface area contributed by atoms with Gasteiger partial charge < -0.3 is 0 Å². The third-order valence-corrected chi connectivity index (χ3v) is 3.67. The molecule has 1 heterocycles. The van der Waals surface area contributed by atoms with E-state index in [2.05, 4.69) is 5.32 Å². The quantitative estimate of drug-likeness (QED) is 0.833. The maximum Gasteiger partial charge on any atom is 0.230 e. The molecule has 0 aliphatic carbocycles. The van der Waals surface area contributed by atoms with Crippen molar-refractivity contribution in [2.24, 2.45) is 11.8 Å². The average molecular weight is 263 g/mol. The number of hydrogen-bond donors (Lipinski definition) is 1. The number of rotatable bonds is 2. The molecule has 0 radical (unpaired) electrons. The molecule has 2 rings (SSSR count). The molecule has 2 atom stereocenters. The van der Waals surface area contributed by atoms with Crippen LogP contribution in [0.2, 0.25) is 0 Å². The van der Waals surface area contributed by atoms with E-state index in [4.69, 9.17) is 0 Å². The number of carbonyl (C=O) groups excluding carboxylic acids is 2. The number of nitrogens with one attached hydrogen (secondary N) is 1. The van der Waals surface area contributed by atoms with Crippen molar-refractivity contribution in [3.63, 3.8) is 0 Å². The van der Waals surface area contributed by atoms with Crippen LogP contribution in [0.4, 0.5) is 4.39 Å². The molecular weight excluding hydrogens is 245 g/mol. The van der Waals surface area contributed by atoms with Crippen molar-refractivity contribution in [1.82, 2.24) is 5.32 Å². The number of carbonyl (C=O) groups is 2. The monoisotopic (exact) mass is 263 g/mol. The summed E-state index contributed by atoms with van der Waals surface area (Å²) in [6.07, 6.45) is 0.162. The van der Waals surface area contributed by atoms with Gasteiger partial charge in [0.1, 0.15) is 5.82 Å². The highest BCUT2D eigenvalue weighted by Gasteiger charge is 2.39. The lowest BCUT2D eigenvalue weighted by atomic mass is 9.74. The van der Waals surface area contributed by atoms with Gasteiger partial charge in [-0.25, -0.2) is 4.39 Å². The summed E-state index contributed by atoms with van der Waals surface area (Å²) in [6, 6.07) is 4.83. The van der Waals surface area contributed by atoms with Gasteiger partial charge in [0, 0.05) is 18.3 Å². The van der Waals surface area contributed by atoms with E-state index in [9.17, 15) is 14.0 Å². The molecule has 0 aromatic heterocycles. The van der Waals surface area contributed by atoms with Crippen molar-refractivity contribution >= 4 is 11.8 Å². The number of piperidine rings is 1. The normalized spacial score (nSPS) is 23.6. The molecular formula is C15H18FNO2. The van der Waals surface area contributed by atoms with E-state index in [1.54, 1.807) is 12.1 Å². The third-order valence-electron chi connectivity index (χ3n) is 3.67. The number of amides is 2. The Kier molecular flexibility index (Phi) is 3.69. The molecule has 3 nitrogen and oxygen atoms in total. The maximum atomic E-state index is 14.0. The highest BCUT2D eigenvalue weighted by Crippen LogP contribution is 2.37. The first kappa shape index (κ1) is 13.7. The molecule has 2 unspecified atom stereocenters. The summed E-state index contributed by atoms with van der Waals surface area (Å²) in [7, 11) is 0. The second-order valence-electron chi connectivity index (χ2n) is 5.52. The Hall–Kier alpha value is -1.71. The Balaban J connectivity index is 2.46. The summed E-state index contributed by atoms with van der Waals surface area (Å²) in [6.45, 7) is 5.71. The van der Waals surface area contributed by atoms with Crippen LogP contribution in [0.1, 0.15) is 37.3 Å². The van der Waals surface area contributed by atoms with E-state index in [-0.39, 0.29) is 41.8 Å². The highest BCUT2D eigenvalue weighted by molar-refractivity contribution is 6.00. The topological polar surface area (TPSA) is 46.2 Å². The minimum Gasteiger partial charge on any atom is -0.296 e. The zero-order valence-corrected chi connectivity index (χ0v) is 11.4. The summed E-state index contributed by atoms with van der Waals surface area (Å²) in [4.78, 5) is 23.5. The van der Waals surface area contributed by atoms with Crippen LogP contribution in [-0.2, 0) is 9.59 Å². The number of benzene rings is 1. The zero-order valence-electron chi connectivity index (χ0n) is 11.4. The molecule has 1 aromatic carbocycles. The number of aryl methyl sites for hydroxylation is 1. The Morgan fingerprint density at radius 2 is 2.00 bits per heavy atom. The molecule has 1 N–H and O–H groups in total. The molecule has 1 fully saturated rings. The summed E-state index contributed by atoms with van der Waals surface area (Å²) in [5, 5.41) is 2.34. The lowest BCUT2D eigenvalue weighted by Crippen LogP contribution is -2.46. The van der Waals surface area contributed by atoms with Gasteiger partial charge in [0.05, 0.1) is 0 Å². The second-order valence-corrected chi connectivity index (χ2v) is 5.52. The van der Waals surface area contributed by atoms with Gasteiger partial charge in [-0.2, -0.15) is 0 Å². The average Bonchev–Trinajstić information content (AvgIpc) is 2.30. The third kappa shape index (κ3) is 2.67. The minimum absolute atomic E-state index is 0.0537. The molecule has 0 spiro atoms. The van der Waals surface area contributed by atoms with E-state index in [1.807, 2.05) is 20.8 Å². The van der Waals surface area contributed by atoms with Crippen LogP contribution in [-0.4, -0.2) is 11.8 Å². The Morgan fingerprint density at radius 1 is 1.32 bits per heavy atom. The Morgan fingerprint density at radius 3 is 2.63 bits per heavy atom. The van der Waals surface area contributed by atoms with E-state index in [0.29, 0.717) is 5.56 Å². The maximum absolute atomic E-state index is 14.0. The number of hydrogen-bond acceptors (Lipinski definition) is 2. The molecule has 0 bridgehead atoms. The molecule has 1 saturated heterocycles.